The topological polar surface area (TPSA) is 115 Å². The number of rotatable bonds is 14. The highest BCUT2D eigenvalue weighted by atomic mass is 32.2. The number of thioether (sulfide) groups is 1. The molecule has 0 saturated carbocycles. The summed E-state index contributed by atoms with van der Waals surface area (Å²) >= 11 is 1.22. The molecule has 0 fully saturated rings. The summed E-state index contributed by atoms with van der Waals surface area (Å²) in [5.74, 6) is 1.01. The van der Waals surface area contributed by atoms with Gasteiger partial charge >= 0.3 is 0 Å². The summed E-state index contributed by atoms with van der Waals surface area (Å²) in [6.07, 6.45) is 0. The lowest BCUT2D eigenvalue weighted by Gasteiger charge is -2.32. The minimum Gasteiger partial charge on any atom is -0.497 e. The number of hydrogen-bond acceptors (Lipinski definition) is 10. The Kier molecular flexibility index (Phi) is 11.9. The Morgan fingerprint density at radius 1 is 0.809 bits per heavy atom. The van der Waals surface area contributed by atoms with Crippen LogP contribution < -0.4 is 29.2 Å². The van der Waals surface area contributed by atoms with Gasteiger partial charge < -0.3 is 34.1 Å². The fourth-order valence-electron chi connectivity index (χ4n) is 5.00. The molecule has 0 aliphatic rings. The van der Waals surface area contributed by atoms with Crippen LogP contribution in [-0.2, 0) is 16.1 Å². The maximum Gasteiger partial charge on any atom is 0.251 e. The second-order valence-corrected chi connectivity index (χ2v) is 11.8. The van der Waals surface area contributed by atoms with Gasteiger partial charge in [-0.3, -0.25) is 9.59 Å². The molecule has 0 saturated heterocycles. The zero-order valence-corrected chi connectivity index (χ0v) is 28.8. The van der Waals surface area contributed by atoms with Crippen LogP contribution >= 0.6 is 11.8 Å². The van der Waals surface area contributed by atoms with Crippen molar-refractivity contribution in [1.82, 2.24) is 14.9 Å². The first-order valence-electron chi connectivity index (χ1n) is 14.8. The number of carbonyl (C=O) groups excluding carboxylic acids is 2. The maximum absolute atomic E-state index is 14.4. The lowest BCUT2D eigenvalue weighted by Crippen LogP contribution is -2.42. The fourth-order valence-corrected chi connectivity index (χ4v) is 5.84. The van der Waals surface area contributed by atoms with Gasteiger partial charge in [0, 0.05) is 43.4 Å². The molecular weight excluding hydrogens is 618 g/mol. The lowest BCUT2D eigenvalue weighted by atomic mass is 10.0. The molecule has 1 heterocycles. The summed E-state index contributed by atoms with van der Waals surface area (Å²) in [5, 5.41) is 3.50. The van der Waals surface area contributed by atoms with E-state index >= 15 is 0 Å². The van der Waals surface area contributed by atoms with Crippen LogP contribution in [0.3, 0.4) is 0 Å². The molecule has 4 rings (SSSR count). The number of methoxy groups -OCH3 is 4. The van der Waals surface area contributed by atoms with Crippen LogP contribution in [0.15, 0.2) is 71.9 Å². The third kappa shape index (κ3) is 8.85. The average Bonchev–Trinajstić information content (AvgIpc) is 3.06. The zero-order valence-electron chi connectivity index (χ0n) is 28.0. The number of benzene rings is 3. The number of aromatic nitrogens is 2. The molecule has 1 N–H and O–H groups in total. The van der Waals surface area contributed by atoms with E-state index in [1.54, 1.807) is 24.1 Å². The number of anilines is 2. The van der Waals surface area contributed by atoms with E-state index in [0.717, 1.165) is 22.6 Å². The number of carbonyl (C=O) groups is 2. The van der Waals surface area contributed by atoms with E-state index in [2.05, 4.69) is 15.3 Å². The number of ether oxygens (including phenoxy) is 4. The van der Waals surface area contributed by atoms with E-state index in [-0.39, 0.29) is 18.2 Å². The smallest absolute Gasteiger partial charge is 0.251 e. The first-order chi connectivity index (χ1) is 22.6. The third-order valence-electron chi connectivity index (χ3n) is 7.33. The van der Waals surface area contributed by atoms with Gasteiger partial charge in [-0.15, -0.1) is 0 Å². The second kappa shape index (κ2) is 16.0. The normalized spacial score (nSPS) is 11.3. The minimum absolute atomic E-state index is 0.00914. The molecule has 248 valence electrons. The van der Waals surface area contributed by atoms with Crippen molar-refractivity contribution in [3.8, 4) is 23.0 Å². The van der Waals surface area contributed by atoms with Crippen molar-refractivity contribution >= 4 is 35.0 Å². The monoisotopic (exact) mass is 659 g/mol. The number of nitrogens with one attached hydrogen (secondary N) is 1. The van der Waals surface area contributed by atoms with Gasteiger partial charge in [-0.2, -0.15) is 0 Å². The molecule has 0 aliphatic heterocycles. The first kappa shape index (κ1) is 34.9. The molecule has 0 radical (unpaired) electrons. The summed E-state index contributed by atoms with van der Waals surface area (Å²) in [7, 11) is 9.99. The summed E-state index contributed by atoms with van der Waals surface area (Å²) in [6.45, 7) is 3.88. The Bertz CT molecular complexity index is 1640. The predicted octanol–water partition coefficient (Wildman–Crippen LogP) is 5.69. The van der Waals surface area contributed by atoms with Gasteiger partial charge in [0.2, 0.25) is 11.7 Å². The van der Waals surface area contributed by atoms with Crippen molar-refractivity contribution < 1.29 is 28.5 Å². The number of nitrogens with zero attached hydrogens (tertiary/aromatic N) is 4. The largest absolute Gasteiger partial charge is 0.497 e. The van der Waals surface area contributed by atoms with E-state index in [1.165, 1.54) is 33.1 Å². The van der Waals surface area contributed by atoms with Crippen LogP contribution in [-0.4, -0.2) is 75.0 Å². The number of aryl methyl sites for hydroxylation is 2. The first-order valence-corrected chi connectivity index (χ1v) is 15.8. The highest BCUT2D eigenvalue weighted by molar-refractivity contribution is 7.99. The molecule has 0 spiro atoms. The SMILES string of the molecule is COc1ccc(CN(C(=O)CSc2nc(C)cc(C)n2)[C@H](C(=O)Nc2ccc(N(C)C)cc2)c2cc(OC)c(OC)c(OC)c2)cc1. The van der Waals surface area contributed by atoms with Crippen molar-refractivity contribution in [3.63, 3.8) is 0 Å². The quantitative estimate of drug-likeness (QED) is 0.134. The highest BCUT2D eigenvalue weighted by Gasteiger charge is 2.34. The molecular formula is C35H41N5O6S. The van der Waals surface area contributed by atoms with Gasteiger partial charge in [0.1, 0.15) is 11.8 Å². The van der Waals surface area contributed by atoms with Crippen LogP contribution in [0.25, 0.3) is 0 Å². The van der Waals surface area contributed by atoms with Crippen molar-refractivity contribution in [2.45, 2.75) is 31.6 Å². The Hall–Kier alpha value is -4.97. The second-order valence-electron chi connectivity index (χ2n) is 10.9. The van der Waals surface area contributed by atoms with Gasteiger partial charge in [-0.1, -0.05) is 23.9 Å². The molecule has 4 aromatic rings. The number of amides is 2. The molecule has 12 heteroatoms. The van der Waals surface area contributed by atoms with Gasteiger partial charge in [0.25, 0.3) is 5.91 Å². The summed E-state index contributed by atoms with van der Waals surface area (Å²) in [6, 6.07) is 19.0. The lowest BCUT2D eigenvalue weighted by molar-refractivity contribution is -0.137. The minimum atomic E-state index is -1.10. The third-order valence-corrected chi connectivity index (χ3v) is 8.16. The maximum atomic E-state index is 14.4. The Balaban J connectivity index is 1.81. The van der Waals surface area contributed by atoms with Crippen LogP contribution in [0.4, 0.5) is 11.4 Å². The van der Waals surface area contributed by atoms with Crippen molar-refractivity contribution in [3.05, 3.63) is 89.2 Å². The van der Waals surface area contributed by atoms with E-state index in [1.807, 2.05) is 87.4 Å². The van der Waals surface area contributed by atoms with Gasteiger partial charge in [-0.05, 0) is 79.6 Å². The van der Waals surface area contributed by atoms with E-state index in [9.17, 15) is 9.59 Å². The average molecular weight is 660 g/mol. The standard InChI is InChI=1S/C35H41N5O6S/c1-22-17-23(2)37-35(36-22)47-21-31(41)40(20-24-9-15-28(43-5)16-10-24)32(25-18-29(44-6)33(46-8)30(19-25)45-7)34(42)38-26-11-13-27(14-12-26)39(3)4/h9-19,32H,20-21H2,1-8H3,(H,38,42)/t32-/m0/s1. The Morgan fingerprint density at radius 2 is 1.40 bits per heavy atom. The van der Waals surface area contributed by atoms with E-state index in [0.29, 0.717) is 39.4 Å². The molecule has 3 aromatic carbocycles. The molecule has 2 amide bonds. The van der Waals surface area contributed by atoms with Crippen molar-refractivity contribution in [2.24, 2.45) is 0 Å². The van der Waals surface area contributed by atoms with Crippen LogP contribution in [0, 0.1) is 13.8 Å². The van der Waals surface area contributed by atoms with Crippen molar-refractivity contribution in [2.75, 3.05) is 58.5 Å². The van der Waals surface area contributed by atoms with Gasteiger partial charge in [0.05, 0.1) is 34.2 Å². The molecule has 1 aromatic heterocycles. The fraction of sp³-hybridized carbons (Fsp3) is 0.314. The van der Waals surface area contributed by atoms with Crippen LogP contribution in [0.1, 0.15) is 28.6 Å². The molecule has 47 heavy (non-hydrogen) atoms. The van der Waals surface area contributed by atoms with E-state index < -0.39 is 11.9 Å². The summed E-state index contributed by atoms with van der Waals surface area (Å²) in [4.78, 5) is 41.2. The Morgan fingerprint density at radius 3 is 1.91 bits per heavy atom. The number of hydrogen-bond donors (Lipinski definition) is 1. The molecule has 11 nitrogen and oxygen atoms in total. The Labute approximate surface area is 280 Å². The zero-order chi connectivity index (χ0) is 34.1. The molecule has 0 bridgehead atoms. The summed E-state index contributed by atoms with van der Waals surface area (Å²) < 4.78 is 22.2. The predicted molar refractivity (Wildman–Crippen MR) is 184 cm³/mol. The van der Waals surface area contributed by atoms with Gasteiger partial charge in [0.15, 0.2) is 16.7 Å². The van der Waals surface area contributed by atoms with Crippen molar-refractivity contribution in [1.29, 1.82) is 0 Å². The van der Waals surface area contributed by atoms with Crippen LogP contribution in [0.5, 0.6) is 23.0 Å². The molecule has 0 aliphatic carbocycles. The van der Waals surface area contributed by atoms with Crippen LogP contribution in [0.2, 0.25) is 0 Å². The van der Waals surface area contributed by atoms with Gasteiger partial charge in [-0.25, -0.2) is 9.97 Å². The summed E-state index contributed by atoms with van der Waals surface area (Å²) in [5.41, 5.74) is 4.43. The molecule has 1 atom stereocenters. The molecule has 0 unspecified atom stereocenters. The van der Waals surface area contributed by atoms with E-state index in [4.69, 9.17) is 18.9 Å². The highest BCUT2D eigenvalue weighted by Crippen LogP contribution is 2.41.